The van der Waals surface area contributed by atoms with Crippen LogP contribution in [-0.2, 0) is 14.4 Å². The highest BCUT2D eigenvalue weighted by molar-refractivity contribution is 5.97. The van der Waals surface area contributed by atoms with Crippen molar-refractivity contribution < 1.29 is 14.4 Å². The van der Waals surface area contributed by atoms with Crippen LogP contribution >= 0.6 is 0 Å². The van der Waals surface area contributed by atoms with Crippen LogP contribution in [0.25, 0.3) is 0 Å². The van der Waals surface area contributed by atoms with E-state index in [1.807, 2.05) is 19.1 Å². The monoisotopic (exact) mass is 621 g/mol. The standard InChI is InChI=1S/C42H55NO3/c1-11-12-23-34(44)27(3)26(2)24-35(45)37-32(25-33-38(37)42(33,9)10)39(46)40(41(6,7)8)43-29(5)28(4)36(30-19-15-13-16-20-30)31-21-17-14-18-22-31/h11,13-22,26,28,32-33,36-38,40,43H,1,3,5,12,23-25H2,2,4,6-10H3. The van der Waals surface area contributed by atoms with Crippen molar-refractivity contribution in [1.29, 1.82) is 0 Å². The Balaban J connectivity index is 1.56. The van der Waals surface area contributed by atoms with Gasteiger partial charge in [0.05, 0.1) is 6.04 Å². The minimum atomic E-state index is -0.497. The van der Waals surface area contributed by atoms with Crippen LogP contribution in [0.2, 0.25) is 0 Å². The van der Waals surface area contributed by atoms with Gasteiger partial charge in [-0.25, -0.2) is 0 Å². The van der Waals surface area contributed by atoms with Crippen LogP contribution in [0.15, 0.2) is 97.7 Å². The average Bonchev–Trinajstić information content (AvgIpc) is 3.33. The summed E-state index contributed by atoms with van der Waals surface area (Å²) < 4.78 is 0. The number of fused-ring (bicyclic) bond motifs is 1. The molecule has 0 aliphatic heterocycles. The van der Waals surface area contributed by atoms with Crippen LogP contribution in [0.3, 0.4) is 0 Å². The highest BCUT2D eigenvalue weighted by atomic mass is 16.1. The third-order valence-electron chi connectivity index (χ3n) is 11.1. The van der Waals surface area contributed by atoms with Gasteiger partial charge in [-0.05, 0) is 58.1 Å². The number of rotatable bonds is 16. The quantitative estimate of drug-likeness (QED) is 0.150. The SMILES string of the molecule is C=CCCC(=O)C(=C)C(C)CC(=O)C1C(C(=O)C(NC(=C)C(C)C(c2ccccc2)c2ccccc2)C(C)(C)C)CC2C1C2(C)C. The Morgan fingerprint density at radius 3 is 2.00 bits per heavy atom. The van der Waals surface area contributed by atoms with E-state index in [1.54, 1.807) is 6.08 Å². The molecule has 246 valence electrons. The predicted molar refractivity (Wildman–Crippen MR) is 189 cm³/mol. The summed E-state index contributed by atoms with van der Waals surface area (Å²) in [5.74, 6) is -0.167. The molecule has 4 heteroatoms. The fourth-order valence-corrected chi connectivity index (χ4v) is 8.10. The summed E-state index contributed by atoms with van der Waals surface area (Å²) in [6.45, 7) is 27.1. The Hall–Kier alpha value is -3.53. The van der Waals surface area contributed by atoms with Crippen molar-refractivity contribution >= 4 is 17.3 Å². The minimum absolute atomic E-state index is 0.00119. The molecule has 0 spiro atoms. The van der Waals surface area contributed by atoms with E-state index < -0.39 is 11.5 Å². The summed E-state index contributed by atoms with van der Waals surface area (Å²) in [4.78, 5) is 41.4. The lowest BCUT2D eigenvalue weighted by Crippen LogP contribution is -2.51. The molecule has 4 nitrogen and oxygen atoms in total. The normalized spacial score (nSPS) is 23.5. The summed E-state index contributed by atoms with van der Waals surface area (Å²) >= 11 is 0. The smallest absolute Gasteiger partial charge is 0.159 e. The van der Waals surface area contributed by atoms with E-state index in [2.05, 4.69) is 115 Å². The fourth-order valence-electron chi connectivity index (χ4n) is 8.10. The van der Waals surface area contributed by atoms with Crippen LogP contribution in [0, 0.1) is 46.3 Å². The Morgan fingerprint density at radius 2 is 1.50 bits per heavy atom. The molecule has 1 N–H and O–H groups in total. The summed E-state index contributed by atoms with van der Waals surface area (Å²) in [6, 6.07) is 20.4. The highest BCUT2D eigenvalue weighted by Gasteiger charge is 2.69. The first-order valence-electron chi connectivity index (χ1n) is 17.1. The molecule has 2 aromatic rings. The maximum Gasteiger partial charge on any atom is 0.159 e. The number of nitrogens with one attached hydrogen (secondary N) is 1. The van der Waals surface area contributed by atoms with Crippen LogP contribution in [-0.4, -0.2) is 23.4 Å². The van der Waals surface area contributed by atoms with E-state index in [0.717, 1.165) is 12.1 Å². The van der Waals surface area contributed by atoms with E-state index in [0.29, 0.717) is 24.3 Å². The molecule has 2 aliphatic rings. The lowest BCUT2D eigenvalue weighted by Gasteiger charge is -2.38. The zero-order valence-electron chi connectivity index (χ0n) is 29.1. The Labute approximate surface area is 277 Å². The number of hydrogen-bond donors (Lipinski definition) is 1. The second-order valence-electron chi connectivity index (χ2n) is 15.6. The van der Waals surface area contributed by atoms with Gasteiger partial charge < -0.3 is 5.32 Å². The molecule has 0 aromatic heterocycles. The van der Waals surface area contributed by atoms with Gasteiger partial charge in [0.25, 0.3) is 0 Å². The molecule has 2 saturated carbocycles. The zero-order valence-corrected chi connectivity index (χ0v) is 29.1. The molecule has 7 unspecified atom stereocenters. The van der Waals surface area contributed by atoms with Crippen molar-refractivity contribution in [3.8, 4) is 0 Å². The second kappa shape index (κ2) is 14.1. The van der Waals surface area contributed by atoms with E-state index in [9.17, 15) is 14.4 Å². The van der Waals surface area contributed by atoms with E-state index in [4.69, 9.17) is 0 Å². The van der Waals surface area contributed by atoms with E-state index in [1.165, 1.54) is 11.1 Å². The molecule has 0 heterocycles. The third kappa shape index (κ3) is 7.37. The Kier molecular flexibility index (Phi) is 10.8. The lowest BCUT2D eigenvalue weighted by atomic mass is 9.71. The van der Waals surface area contributed by atoms with Crippen molar-refractivity contribution in [2.45, 2.75) is 86.1 Å². The number of ketones is 3. The summed E-state index contributed by atoms with van der Waals surface area (Å²) in [5.41, 5.74) is 3.35. The Morgan fingerprint density at radius 1 is 0.957 bits per heavy atom. The third-order valence-corrected chi connectivity index (χ3v) is 11.1. The fraction of sp³-hybridized carbons (Fsp3) is 0.500. The van der Waals surface area contributed by atoms with Crippen molar-refractivity contribution in [1.82, 2.24) is 5.32 Å². The molecular weight excluding hydrogens is 566 g/mol. The van der Waals surface area contributed by atoms with Gasteiger partial charge in [-0.15, -0.1) is 6.58 Å². The van der Waals surface area contributed by atoms with Crippen molar-refractivity contribution in [2.24, 2.45) is 46.3 Å². The molecule has 4 rings (SSSR count). The molecule has 0 bridgehead atoms. The number of allylic oxidation sites excluding steroid dienone is 3. The average molecular weight is 622 g/mol. The predicted octanol–water partition coefficient (Wildman–Crippen LogP) is 9.14. The number of carbonyl (C=O) groups is 3. The zero-order chi connectivity index (χ0) is 34.0. The largest absolute Gasteiger partial charge is 0.378 e. The van der Waals surface area contributed by atoms with Crippen molar-refractivity contribution in [3.05, 3.63) is 109 Å². The summed E-state index contributed by atoms with van der Waals surface area (Å²) in [7, 11) is 0. The van der Waals surface area contributed by atoms with Crippen molar-refractivity contribution in [3.63, 3.8) is 0 Å². The second-order valence-corrected chi connectivity index (χ2v) is 15.6. The van der Waals surface area contributed by atoms with Crippen LogP contribution < -0.4 is 5.32 Å². The van der Waals surface area contributed by atoms with Gasteiger partial charge in [0, 0.05) is 42.2 Å². The molecule has 0 radical (unpaired) electrons. The van der Waals surface area contributed by atoms with E-state index in [-0.39, 0.29) is 64.7 Å². The first-order valence-corrected chi connectivity index (χ1v) is 17.1. The maximum atomic E-state index is 14.7. The Bertz CT molecular complexity index is 1410. The number of carbonyl (C=O) groups excluding carboxylic acids is 3. The topological polar surface area (TPSA) is 63.2 Å². The van der Waals surface area contributed by atoms with Gasteiger partial charge in [0.2, 0.25) is 0 Å². The molecule has 0 amide bonds. The van der Waals surface area contributed by atoms with Crippen LogP contribution in [0.4, 0.5) is 0 Å². The molecule has 2 aliphatic carbocycles. The van der Waals surface area contributed by atoms with Gasteiger partial charge in [-0.1, -0.05) is 128 Å². The molecule has 46 heavy (non-hydrogen) atoms. The number of benzene rings is 2. The van der Waals surface area contributed by atoms with E-state index >= 15 is 0 Å². The van der Waals surface area contributed by atoms with Crippen molar-refractivity contribution in [2.75, 3.05) is 0 Å². The van der Waals surface area contributed by atoms with Gasteiger partial charge >= 0.3 is 0 Å². The summed E-state index contributed by atoms with van der Waals surface area (Å²) in [6.07, 6.45) is 3.65. The first-order chi connectivity index (χ1) is 21.6. The van der Waals surface area contributed by atoms with Gasteiger partial charge in [-0.2, -0.15) is 0 Å². The van der Waals surface area contributed by atoms with Crippen LogP contribution in [0.1, 0.15) is 91.2 Å². The van der Waals surface area contributed by atoms with Gasteiger partial charge in [0.15, 0.2) is 11.6 Å². The molecule has 7 atom stereocenters. The maximum absolute atomic E-state index is 14.7. The minimum Gasteiger partial charge on any atom is -0.378 e. The summed E-state index contributed by atoms with van der Waals surface area (Å²) in [5, 5.41) is 3.63. The molecule has 2 fully saturated rings. The lowest BCUT2D eigenvalue weighted by molar-refractivity contribution is -0.135. The number of Topliss-reactive ketones (excluding diaryl/α,β-unsaturated/α-hetero) is 3. The number of hydrogen-bond acceptors (Lipinski definition) is 4. The molecular formula is C42H55NO3. The van der Waals surface area contributed by atoms with Crippen LogP contribution in [0.5, 0.6) is 0 Å². The first kappa shape index (κ1) is 35.3. The van der Waals surface area contributed by atoms with Gasteiger partial charge in [0.1, 0.15) is 5.78 Å². The highest BCUT2D eigenvalue weighted by Crippen LogP contribution is 2.71. The molecule has 0 saturated heterocycles. The molecule has 2 aromatic carbocycles. The van der Waals surface area contributed by atoms with Gasteiger partial charge in [-0.3, -0.25) is 14.4 Å².